The van der Waals surface area contributed by atoms with Crippen LogP contribution < -0.4 is 10.6 Å². The lowest BCUT2D eigenvalue weighted by Crippen LogP contribution is -2.55. The Morgan fingerprint density at radius 3 is 2.42 bits per heavy atom. The van der Waals surface area contributed by atoms with Crippen LogP contribution in [0.4, 0.5) is 0 Å². The van der Waals surface area contributed by atoms with Gasteiger partial charge in [-0.1, -0.05) is 38.5 Å². The van der Waals surface area contributed by atoms with Gasteiger partial charge < -0.3 is 15.5 Å². The summed E-state index contributed by atoms with van der Waals surface area (Å²) in [4.78, 5) is 28.5. The number of likely N-dealkylation sites (tertiary alicyclic amines) is 1. The number of rotatable bonds is 6. The predicted octanol–water partition coefficient (Wildman–Crippen LogP) is 3.14. The Morgan fingerprint density at radius 1 is 1.11 bits per heavy atom. The van der Waals surface area contributed by atoms with E-state index in [1.807, 2.05) is 6.92 Å². The van der Waals surface area contributed by atoms with E-state index in [0.29, 0.717) is 6.04 Å². The number of nitrogens with one attached hydrogen (secondary N) is 2. The monoisotopic (exact) mass is 516 g/mol. The molecule has 2 aliphatic heterocycles. The van der Waals surface area contributed by atoms with Crippen LogP contribution in [-0.4, -0.2) is 60.7 Å². The van der Waals surface area contributed by atoms with Crippen molar-refractivity contribution in [2.45, 2.75) is 89.2 Å². The molecule has 8 nitrogen and oxygen atoms in total. The van der Waals surface area contributed by atoms with E-state index in [0.717, 1.165) is 48.1 Å². The van der Waals surface area contributed by atoms with Crippen LogP contribution in [0.5, 0.6) is 0 Å². The van der Waals surface area contributed by atoms with E-state index in [-0.39, 0.29) is 28.7 Å². The van der Waals surface area contributed by atoms with E-state index < -0.39 is 22.0 Å². The van der Waals surface area contributed by atoms with Crippen LogP contribution >= 0.6 is 0 Å². The number of amides is 2. The first-order chi connectivity index (χ1) is 17.0. The Morgan fingerprint density at radius 2 is 1.78 bits per heavy atom. The molecule has 0 aromatic heterocycles. The standard InChI is InChI=1S/C27H40N4O4S/c1-19-5-8-22(9-6-19)36(34,35)31-16-13-28-26(33)23(31)17-25(32)29-24-10-7-21(18-27(24,3)4)30-14-11-20(2)12-15-30/h5-6,8-9,13,16,20-21,23-24H,7,10-12,14-15,17-18H2,1-4H3,(H,28,33)(H,29,32)/t21-,23-,24-/m1/s1. The van der Waals surface area contributed by atoms with E-state index in [1.165, 1.54) is 37.4 Å². The van der Waals surface area contributed by atoms with Gasteiger partial charge in [0.2, 0.25) is 11.8 Å². The summed E-state index contributed by atoms with van der Waals surface area (Å²) in [6.45, 7) is 10.9. The van der Waals surface area contributed by atoms with Crippen LogP contribution in [0.2, 0.25) is 0 Å². The van der Waals surface area contributed by atoms with Crippen molar-refractivity contribution >= 4 is 21.8 Å². The van der Waals surface area contributed by atoms with Gasteiger partial charge in [0.05, 0.1) is 11.3 Å². The van der Waals surface area contributed by atoms with E-state index in [2.05, 4.69) is 36.3 Å². The van der Waals surface area contributed by atoms with Gasteiger partial charge in [-0.05, 0) is 75.6 Å². The summed E-state index contributed by atoms with van der Waals surface area (Å²) in [6, 6.07) is 5.84. The molecule has 3 aliphatic rings. The second kappa shape index (κ2) is 10.5. The highest BCUT2D eigenvalue weighted by Crippen LogP contribution is 2.39. The van der Waals surface area contributed by atoms with Gasteiger partial charge >= 0.3 is 0 Å². The molecule has 1 saturated carbocycles. The molecule has 198 valence electrons. The van der Waals surface area contributed by atoms with E-state index >= 15 is 0 Å². The molecule has 4 rings (SSSR count). The highest BCUT2D eigenvalue weighted by Gasteiger charge is 2.42. The van der Waals surface area contributed by atoms with Crippen LogP contribution in [0.3, 0.4) is 0 Å². The molecule has 1 aromatic carbocycles. The number of sulfonamides is 1. The van der Waals surface area contributed by atoms with Crippen molar-refractivity contribution in [3.63, 3.8) is 0 Å². The molecular formula is C27H40N4O4S. The first kappa shape index (κ1) is 26.7. The van der Waals surface area contributed by atoms with Crippen molar-refractivity contribution in [3.05, 3.63) is 42.2 Å². The molecular weight excluding hydrogens is 476 g/mol. The molecule has 2 heterocycles. The van der Waals surface area contributed by atoms with Crippen LogP contribution in [-0.2, 0) is 19.6 Å². The highest BCUT2D eigenvalue weighted by molar-refractivity contribution is 7.89. The van der Waals surface area contributed by atoms with Gasteiger partial charge in [-0.25, -0.2) is 8.42 Å². The zero-order valence-electron chi connectivity index (χ0n) is 21.9. The zero-order valence-corrected chi connectivity index (χ0v) is 22.7. The molecule has 9 heteroatoms. The van der Waals surface area contributed by atoms with Crippen molar-refractivity contribution in [1.29, 1.82) is 0 Å². The first-order valence-corrected chi connectivity index (χ1v) is 14.5. The lowest BCUT2D eigenvalue weighted by molar-refractivity contribution is -0.130. The first-order valence-electron chi connectivity index (χ1n) is 13.1. The largest absolute Gasteiger partial charge is 0.353 e. The lowest BCUT2D eigenvalue weighted by atomic mass is 9.70. The smallest absolute Gasteiger partial charge is 0.264 e. The van der Waals surface area contributed by atoms with Crippen molar-refractivity contribution in [3.8, 4) is 0 Å². The number of benzene rings is 1. The maximum Gasteiger partial charge on any atom is 0.264 e. The summed E-state index contributed by atoms with van der Waals surface area (Å²) in [6.07, 6.45) is 7.79. The fourth-order valence-electron chi connectivity index (χ4n) is 5.77. The topological polar surface area (TPSA) is 98.8 Å². The molecule has 2 fully saturated rings. The van der Waals surface area contributed by atoms with Crippen molar-refractivity contribution < 1.29 is 18.0 Å². The molecule has 2 N–H and O–H groups in total. The van der Waals surface area contributed by atoms with Crippen LogP contribution in [0.25, 0.3) is 0 Å². The van der Waals surface area contributed by atoms with Gasteiger partial charge in [-0.15, -0.1) is 0 Å². The molecule has 3 atom stereocenters. The summed E-state index contributed by atoms with van der Waals surface area (Å²) in [5.74, 6) is -0.0189. The fraction of sp³-hybridized carbons (Fsp3) is 0.630. The minimum atomic E-state index is -3.99. The van der Waals surface area contributed by atoms with E-state index in [9.17, 15) is 18.0 Å². The molecule has 0 bridgehead atoms. The minimum absolute atomic E-state index is 0.0192. The Labute approximate surface area is 215 Å². The van der Waals surface area contributed by atoms with Gasteiger partial charge in [-0.3, -0.25) is 13.9 Å². The Hall–Kier alpha value is -2.39. The molecule has 0 radical (unpaired) electrons. The maximum atomic E-state index is 13.3. The molecule has 1 aromatic rings. The van der Waals surface area contributed by atoms with Crippen LogP contribution in [0, 0.1) is 18.3 Å². The third kappa shape index (κ3) is 5.78. The Balaban J connectivity index is 1.41. The summed E-state index contributed by atoms with van der Waals surface area (Å²) >= 11 is 0. The minimum Gasteiger partial charge on any atom is -0.353 e. The predicted molar refractivity (Wildman–Crippen MR) is 139 cm³/mol. The summed E-state index contributed by atoms with van der Waals surface area (Å²) < 4.78 is 27.6. The summed E-state index contributed by atoms with van der Waals surface area (Å²) in [5.41, 5.74) is 0.841. The molecule has 1 aliphatic carbocycles. The van der Waals surface area contributed by atoms with E-state index in [4.69, 9.17) is 0 Å². The molecule has 0 unspecified atom stereocenters. The molecule has 1 saturated heterocycles. The van der Waals surface area contributed by atoms with Crippen LogP contribution in [0.15, 0.2) is 41.6 Å². The number of carbonyl (C=O) groups is 2. The van der Waals surface area contributed by atoms with Gasteiger partial charge in [0.15, 0.2) is 0 Å². The summed E-state index contributed by atoms with van der Waals surface area (Å²) in [7, 11) is -3.99. The van der Waals surface area contributed by atoms with Gasteiger partial charge in [0, 0.05) is 24.5 Å². The van der Waals surface area contributed by atoms with Gasteiger partial charge in [0.1, 0.15) is 6.04 Å². The number of piperidine rings is 1. The average molecular weight is 517 g/mol. The quantitative estimate of drug-likeness (QED) is 0.605. The Bertz CT molecular complexity index is 1090. The zero-order chi connectivity index (χ0) is 26.1. The number of nitrogens with zero attached hydrogens (tertiary/aromatic N) is 2. The molecule has 0 spiro atoms. The lowest BCUT2D eigenvalue weighted by Gasteiger charge is -2.47. The van der Waals surface area contributed by atoms with Gasteiger partial charge in [-0.2, -0.15) is 0 Å². The number of hydrogen-bond acceptors (Lipinski definition) is 5. The second-order valence-electron chi connectivity index (χ2n) is 11.5. The number of hydrogen-bond donors (Lipinski definition) is 2. The Kier molecular flexibility index (Phi) is 7.80. The third-order valence-corrected chi connectivity index (χ3v) is 9.99. The normalized spacial score (nSPS) is 27.5. The summed E-state index contributed by atoms with van der Waals surface area (Å²) in [5, 5.41) is 5.70. The second-order valence-corrected chi connectivity index (χ2v) is 13.3. The van der Waals surface area contributed by atoms with Crippen molar-refractivity contribution in [2.24, 2.45) is 11.3 Å². The average Bonchev–Trinajstić information content (AvgIpc) is 2.82. The third-order valence-electron chi connectivity index (χ3n) is 8.20. The fourth-order valence-corrected chi connectivity index (χ4v) is 7.22. The van der Waals surface area contributed by atoms with Crippen LogP contribution in [0.1, 0.15) is 64.9 Å². The highest BCUT2D eigenvalue weighted by atomic mass is 32.2. The van der Waals surface area contributed by atoms with Crippen molar-refractivity contribution in [2.75, 3.05) is 13.1 Å². The number of aryl methyl sites for hydroxylation is 1. The van der Waals surface area contributed by atoms with E-state index in [1.54, 1.807) is 12.1 Å². The van der Waals surface area contributed by atoms with Crippen molar-refractivity contribution in [1.82, 2.24) is 19.8 Å². The molecule has 2 amide bonds. The number of carbonyl (C=O) groups excluding carboxylic acids is 2. The molecule has 36 heavy (non-hydrogen) atoms. The van der Waals surface area contributed by atoms with Gasteiger partial charge in [0.25, 0.3) is 10.0 Å². The maximum absolute atomic E-state index is 13.3. The SMILES string of the molecule is Cc1ccc(S(=O)(=O)N2C=CNC(=O)[C@H]2CC(=O)N[C@@H]2CC[C@@H](N3CCC(C)CC3)CC2(C)C)cc1.